The van der Waals surface area contributed by atoms with Crippen LogP contribution in [-0.4, -0.2) is 40.1 Å². The van der Waals surface area contributed by atoms with Crippen LogP contribution in [0.5, 0.6) is 0 Å². The number of aryl methyl sites for hydroxylation is 1. The van der Waals surface area contributed by atoms with E-state index in [1.807, 2.05) is 12.5 Å². The van der Waals surface area contributed by atoms with Crippen LogP contribution in [0, 0.1) is 5.92 Å². The van der Waals surface area contributed by atoms with Crippen LogP contribution in [0.3, 0.4) is 0 Å². The molecular weight excluding hydrogens is 224 g/mol. The molecular formula is C14H24N4. The van der Waals surface area contributed by atoms with Crippen molar-refractivity contribution in [3.63, 3.8) is 0 Å². The van der Waals surface area contributed by atoms with Gasteiger partial charge in [0.05, 0.1) is 12.0 Å². The molecule has 0 aromatic carbocycles. The molecule has 0 amide bonds. The number of nitrogens with one attached hydrogen (secondary N) is 1. The third kappa shape index (κ3) is 2.31. The molecule has 2 fully saturated rings. The maximum absolute atomic E-state index is 4.31. The maximum Gasteiger partial charge on any atom is 0.0948 e. The molecule has 1 aromatic rings. The van der Waals surface area contributed by atoms with E-state index in [9.17, 15) is 0 Å². The predicted octanol–water partition coefficient (Wildman–Crippen LogP) is 1.48. The fourth-order valence-corrected chi connectivity index (χ4v) is 3.49. The van der Waals surface area contributed by atoms with Crippen molar-refractivity contribution < 1.29 is 0 Å². The normalized spacial score (nSPS) is 28.5. The summed E-state index contributed by atoms with van der Waals surface area (Å²) >= 11 is 0. The monoisotopic (exact) mass is 248 g/mol. The van der Waals surface area contributed by atoms with Crippen LogP contribution in [0.2, 0.25) is 0 Å². The minimum Gasteiger partial charge on any atom is -0.333 e. The van der Waals surface area contributed by atoms with Crippen LogP contribution in [0.4, 0.5) is 0 Å². The summed E-state index contributed by atoms with van der Waals surface area (Å²) in [5.74, 6) is 0.876. The largest absolute Gasteiger partial charge is 0.333 e. The summed E-state index contributed by atoms with van der Waals surface area (Å²) in [5, 5.41) is 3.55. The smallest absolute Gasteiger partial charge is 0.0948 e. The highest BCUT2D eigenvalue weighted by atomic mass is 15.2. The lowest BCUT2D eigenvalue weighted by Gasteiger charge is -2.37. The zero-order valence-corrected chi connectivity index (χ0v) is 11.3. The lowest BCUT2D eigenvalue weighted by molar-refractivity contribution is 0.114. The van der Waals surface area contributed by atoms with Gasteiger partial charge in [-0.3, -0.25) is 4.90 Å². The molecule has 0 saturated carbocycles. The first-order chi connectivity index (χ1) is 8.88. The zero-order chi connectivity index (χ0) is 12.4. The third-order valence-corrected chi connectivity index (χ3v) is 4.42. The first kappa shape index (κ1) is 12.2. The molecule has 1 aromatic heterocycles. The average molecular weight is 248 g/mol. The molecule has 2 aliphatic heterocycles. The number of rotatable bonds is 4. The van der Waals surface area contributed by atoms with Crippen LogP contribution in [0.25, 0.3) is 0 Å². The van der Waals surface area contributed by atoms with Crippen molar-refractivity contribution in [2.45, 2.75) is 45.3 Å². The Hall–Kier alpha value is -0.870. The van der Waals surface area contributed by atoms with Crippen molar-refractivity contribution in [3.8, 4) is 0 Å². The van der Waals surface area contributed by atoms with Gasteiger partial charge in [0.25, 0.3) is 0 Å². The van der Waals surface area contributed by atoms with Gasteiger partial charge in [0.2, 0.25) is 0 Å². The van der Waals surface area contributed by atoms with E-state index in [0.717, 1.165) is 25.0 Å². The van der Waals surface area contributed by atoms with E-state index in [1.165, 1.54) is 44.6 Å². The van der Waals surface area contributed by atoms with Crippen molar-refractivity contribution >= 4 is 0 Å². The van der Waals surface area contributed by atoms with Gasteiger partial charge in [0, 0.05) is 31.9 Å². The number of aromatic nitrogens is 2. The number of imidazole rings is 1. The zero-order valence-electron chi connectivity index (χ0n) is 11.3. The van der Waals surface area contributed by atoms with Crippen LogP contribution in [0.1, 0.15) is 31.9 Å². The molecule has 0 bridgehead atoms. The van der Waals surface area contributed by atoms with Crippen LogP contribution in [0.15, 0.2) is 12.5 Å². The van der Waals surface area contributed by atoms with Gasteiger partial charge in [-0.15, -0.1) is 0 Å². The SMILES string of the molecule is CCCn1cncc1CN1CCCC2CNCC21. The van der Waals surface area contributed by atoms with Gasteiger partial charge in [0.1, 0.15) is 0 Å². The van der Waals surface area contributed by atoms with E-state index in [-0.39, 0.29) is 0 Å². The van der Waals surface area contributed by atoms with Crippen molar-refractivity contribution in [1.29, 1.82) is 0 Å². The summed E-state index contributed by atoms with van der Waals surface area (Å²) in [7, 11) is 0. The molecule has 0 radical (unpaired) electrons. The van der Waals surface area contributed by atoms with Crippen LogP contribution >= 0.6 is 0 Å². The molecule has 100 valence electrons. The van der Waals surface area contributed by atoms with E-state index in [0.29, 0.717) is 0 Å². The molecule has 2 aliphatic rings. The number of fused-ring (bicyclic) bond motifs is 1. The number of likely N-dealkylation sites (tertiary alicyclic amines) is 1. The lowest BCUT2D eigenvalue weighted by atomic mass is 9.92. The second-order valence-electron chi connectivity index (χ2n) is 5.68. The first-order valence-electron chi connectivity index (χ1n) is 7.32. The minimum absolute atomic E-state index is 0.753. The summed E-state index contributed by atoms with van der Waals surface area (Å²) in [6.45, 7) is 8.03. The first-order valence-corrected chi connectivity index (χ1v) is 7.32. The Morgan fingerprint density at radius 3 is 3.28 bits per heavy atom. The second-order valence-corrected chi connectivity index (χ2v) is 5.68. The molecule has 0 spiro atoms. The highest BCUT2D eigenvalue weighted by molar-refractivity contribution is 5.01. The highest BCUT2D eigenvalue weighted by Gasteiger charge is 2.34. The minimum atomic E-state index is 0.753. The standard InChI is InChI=1S/C14H24N4/c1-2-5-18-11-16-8-13(18)10-17-6-3-4-12-7-15-9-14(12)17/h8,11-12,14-15H,2-7,9-10H2,1H3. The maximum atomic E-state index is 4.31. The summed E-state index contributed by atoms with van der Waals surface area (Å²) in [6.07, 6.45) is 7.96. The van der Waals surface area contributed by atoms with E-state index >= 15 is 0 Å². The molecule has 2 atom stereocenters. The van der Waals surface area contributed by atoms with Crippen molar-refractivity contribution in [1.82, 2.24) is 19.8 Å². The van der Waals surface area contributed by atoms with Crippen LogP contribution in [-0.2, 0) is 13.1 Å². The van der Waals surface area contributed by atoms with Crippen molar-refractivity contribution in [2.24, 2.45) is 5.92 Å². The molecule has 3 heterocycles. The fourth-order valence-electron chi connectivity index (χ4n) is 3.49. The van der Waals surface area contributed by atoms with E-state index in [2.05, 4.69) is 26.7 Å². The highest BCUT2D eigenvalue weighted by Crippen LogP contribution is 2.27. The predicted molar refractivity (Wildman–Crippen MR) is 72.3 cm³/mol. The molecule has 18 heavy (non-hydrogen) atoms. The molecule has 4 nitrogen and oxygen atoms in total. The number of hydrogen-bond acceptors (Lipinski definition) is 3. The summed E-state index contributed by atoms with van der Waals surface area (Å²) in [4.78, 5) is 6.98. The number of nitrogens with zero attached hydrogens (tertiary/aromatic N) is 3. The van der Waals surface area contributed by atoms with Crippen molar-refractivity contribution in [2.75, 3.05) is 19.6 Å². The summed E-state index contributed by atoms with van der Waals surface area (Å²) in [5.41, 5.74) is 1.38. The summed E-state index contributed by atoms with van der Waals surface area (Å²) in [6, 6.07) is 0.753. The van der Waals surface area contributed by atoms with Gasteiger partial charge < -0.3 is 9.88 Å². The second kappa shape index (κ2) is 5.41. The topological polar surface area (TPSA) is 33.1 Å². The summed E-state index contributed by atoms with van der Waals surface area (Å²) < 4.78 is 2.31. The number of piperidine rings is 1. The van der Waals surface area contributed by atoms with Gasteiger partial charge in [-0.05, 0) is 38.3 Å². The Morgan fingerprint density at radius 1 is 1.44 bits per heavy atom. The van der Waals surface area contributed by atoms with Gasteiger partial charge in [-0.1, -0.05) is 6.92 Å². The Labute approximate surface area is 109 Å². The Kier molecular flexibility index (Phi) is 3.66. The lowest BCUT2D eigenvalue weighted by Crippen LogP contribution is -2.44. The molecule has 3 rings (SSSR count). The third-order valence-electron chi connectivity index (χ3n) is 4.42. The molecule has 0 aliphatic carbocycles. The van der Waals surface area contributed by atoms with Gasteiger partial charge in [-0.2, -0.15) is 0 Å². The van der Waals surface area contributed by atoms with Gasteiger partial charge in [0.15, 0.2) is 0 Å². The Bertz CT molecular complexity index is 387. The van der Waals surface area contributed by atoms with Crippen LogP contribution < -0.4 is 5.32 Å². The quantitative estimate of drug-likeness (QED) is 0.876. The fraction of sp³-hybridized carbons (Fsp3) is 0.786. The van der Waals surface area contributed by atoms with E-state index < -0.39 is 0 Å². The molecule has 2 unspecified atom stereocenters. The van der Waals surface area contributed by atoms with E-state index in [4.69, 9.17) is 0 Å². The average Bonchev–Trinajstić information content (AvgIpc) is 3.00. The van der Waals surface area contributed by atoms with Crippen molar-refractivity contribution in [3.05, 3.63) is 18.2 Å². The Balaban J connectivity index is 1.69. The number of hydrogen-bond donors (Lipinski definition) is 1. The molecule has 2 saturated heterocycles. The van der Waals surface area contributed by atoms with Gasteiger partial charge in [-0.25, -0.2) is 4.98 Å². The van der Waals surface area contributed by atoms with Gasteiger partial charge >= 0.3 is 0 Å². The Morgan fingerprint density at radius 2 is 2.39 bits per heavy atom. The molecule has 4 heteroatoms. The van der Waals surface area contributed by atoms with E-state index in [1.54, 1.807) is 0 Å². The molecule has 1 N–H and O–H groups in total.